The van der Waals surface area contributed by atoms with Crippen molar-refractivity contribution in [3.63, 3.8) is 0 Å². The predicted octanol–water partition coefficient (Wildman–Crippen LogP) is 8.25. The molecule has 0 radical (unpaired) electrons. The molecule has 0 heterocycles. The van der Waals surface area contributed by atoms with Gasteiger partial charge >= 0.3 is 5.97 Å². The number of ether oxygens (including phenoxy) is 2. The molecule has 0 aromatic heterocycles. The van der Waals surface area contributed by atoms with Crippen LogP contribution < -0.4 is 10.1 Å². The van der Waals surface area contributed by atoms with Crippen molar-refractivity contribution in [3.8, 4) is 16.9 Å². The third kappa shape index (κ3) is 9.97. The molecule has 0 unspecified atom stereocenters. The number of halogens is 1. The molecule has 0 saturated carbocycles. The first kappa shape index (κ1) is 31.1. The zero-order chi connectivity index (χ0) is 28.1. The molecule has 0 spiro atoms. The van der Waals surface area contributed by atoms with Gasteiger partial charge in [0.2, 0.25) is 0 Å². The second-order valence-corrected chi connectivity index (χ2v) is 10.5. The van der Waals surface area contributed by atoms with E-state index in [9.17, 15) is 9.59 Å². The van der Waals surface area contributed by atoms with E-state index in [4.69, 9.17) is 9.47 Å². The summed E-state index contributed by atoms with van der Waals surface area (Å²) in [5.41, 5.74) is 3.75. The molecule has 0 saturated heterocycles. The van der Waals surface area contributed by atoms with E-state index in [0.29, 0.717) is 36.4 Å². The van der Waals surface area contributed by atoms with Crippen LogP contribution >= 0.6 is 15.9 Å². The van der Waals surface area contributed by atoms with Gasteiger partial charge < -0.3 is 14.8 Å². The third-order valence-corrected chi connectivity index (χ3v) is 5.94. The number of hydrogen-bond donors (Lipinski definition) is 1. The van der Waals surface area contributed by atoms with E-state index in [0.717, 1.165) is 34.0 Å². The summed E-state index contributed by atoms with van der Waals surface area (Å²) in [6.45, 7) is 12.8. The molecule has 0 aliphatic heterocycles. The predicted molar refractivity (Wildman–Crippen MR) is 159 cm³/mol. The highest BCUT2D eigenvalue weighted by Gasteiger charge is 2.18. The molecule has 0 aliphatic carbocycles. The minimum atomic E-state index is -0.520. The molecule has 6 heteroatoms. The first-order valence-electron chi connectivity index (χ1n) is 13.3. The lowest BCUT2D eigenvalue weighted by molar-refractivity contribution is 0.00694. The summed E-state index contributed by atoms with van der Waals surface area (Å²) >= 11 is 3.44. The molecule has 3 aromatic rings. The summed E-state index contributed by atoms with van der Waals surface area (Å²) in [5.74, 6) is 0.129. The van der Waals surface area contributed by atoms with Crippen LogP contribution in [0, 0.1) is 0 Å². The highest BCUT2D eigenvalue weighted by atomic mass is 79.9. The zero-order valence-electron chi connectivity index (χ0n) is 23.4. The summed E-state index contributed by atoms with van der Waals surface area (Å²) in [7, 11) is 0. The Hall–Kier alpha value is -3.12. The molecule has 5 nitrogen and oxygen atoms in total. The van der Waals surface area contributed by atoms with E-state index in [2.05, 4.69) is 40.3 Å². The standard InChI is InChI=1S/C30H34BrNO4.C2H6/c1-5-6-19-35-27-16-15-25(31)20-26(27)28(33)32-18-17-21-7-9-22(10-8-21)23-11-13-24(14-12-23)29(34)36-30(2,3)4;1-2/h7-16,20H,5-6,17-19H2,1-4H3,(H,32,33);1-2H3. The zero-order valence-corrected chi connectivity index (χ0v) is 25.0. The topological polar surface area (TPSA) is 64.6 Å². The number of benzene rings is 3. The normalized spacial score (nSPS) is 10.7. The summed E-state index contributed by atoms with van der Waals surface area (Å²) < 4.78 is 12.1. The number of hydrogen-bond acceptors (Lipinski definition) is 4. The number of rotatable bonds is 10. The minimum absolute atomic E-state index is 0.149. The molecule has 0 aliphatic rings. The number of unbranched alkanes of at least 4 members (excludes halogenated alkanes) is 1. The Morgan fingerprint density at radius 3 is 2.08 bits per heavy atom. The quantitative estimate of drug-likeness (QED) is 0.193. The summed E-state index contributed by atoms with van der Waals surface area (Å²) in [6.07, 6.45) is 2.69. The Kier molecular flexibility index (Phi) is 12.5. The Labute approximate surface area is 236 Å². The fourth-order valence-electron chi connectivity index (χ4n) is 3.55. The molecular weight excluding hydrogens is 542 g/mol. The second kappa shape index (κ2) is 15.3. The minimum Gasteiger partial charge on any atom is -0.493 e. The smallest absolute Gasteiger partial charge is 0.338 e. The van der Waals surface area contributed by atoms with Crippen molar-refractivity contribution in [3.05, 3.63) is 87.9 Å². The van der Waals surface area contributed by atoms with Crippen LogP contribution in [0.3, 0.4) is 0 Å². The van der Waals surface area contributed by atoms with Crippen LogP contribution in [0.1, 0.15) is 80.7 Å². The van der Waals surface area contributed by atoms with Gasteiger partial charge in [0.1, 0.15) is 11.4 Å². The number of carbonyl (C=O) groups excluding carboxylic acids is 2. The Morgan fingerprint density at radius 1 is 0.895 bits per heavy atom. The summed E-state index contributed by atoms with van der Waals surface area (Å²) in [5, 5.41) is 3.00. The molecule has 3 aromatic carbocycles. The molecule has 1 amide bonds. The van der Waals surface area contributed by atoms with Crippen LogP contribution in [0.5, 0.6) is 5.75 Å². The van der Waals surface area contributed by atoms with Gasteiger partial charge in [-0.1, -0.05) is 79.5 Å². The lowest BCUT2D eigenvalue weighted by Gasteiger charge is -2.19. The van der Waals surface area contributed by atoms with Crippen molar-refractivity contribution in [1.82, 2.24) is 5.32 Å². The van der Waals surface area contributed by atoms with E-state index in [1.165, 1.54) is 0 Å². The Balaban J connectivity index is 0.00000247. The maximum atomic E-state index is 12.8. The molecule has 3 rings (SSSR count). The average Bonchev–Trinajstić information content (AvgIpc) is 2.90. The number of esters is 1. The maximum Gasteiger partial charge on any atom is 0.338 e. The van der Waals surface area contributed by atoms with Crippen molar-refractivity contribution < 1.29 is 19.1 Å². The summed E-state index contributed by atoms with van der Waals surface area (Å²) in [4.78, 5) is 25.0. The monoisotopic (exact) mass is 581 g/mol. The highest BCUT2D eigenvalue weighted by molar-refractivity contribution is 9.10. The second-order valence-electron chi connectivity index (χ2n) is 9.62. The molecule has 38 heavy (non-hydrogen) atoms. The van der Waals surface area contributed by atoms with Crippen LogP contribution in [0.4, 0.5) is 0 Å². The Bertz CT molecular complexity index is 1170. The number of amides is 1. The van der Waals surface area contributed by atoms with E-state index in [1.54, 1.807) is 18.2 Å². The average molecular weight is 583 g/mol. The van der Waals surface area contributed by atoms with E-state index < -0.39 is 5.60 Å². The van der Waals surface area contributed by atoms with Crippen LogP contribution in [-0.4, -0.2) is 30.6 Å². The van der Waals surface area contributed by atoms with Gasteiger partial charge in [-0.05, 0) is 80.6 Å². The van der Waals surface area contributed by atoms with Gasteiger partial charge in [0.25, 0.3) is 5.91 Å². The van der Waals surface area contributed by atoms with E-state index >= 15 is 0 Å². The fourth-order valence-corrected chi connectivity index (χ4v) is 3.91. The molecule has 204 valence electrons. The van der Waals surface area contributed by atoms with Crippen molar-refractivity contribution in [2.75, 3.05) is 13.2 Å². The molecular formula is C32H40BrNO4. The lowest BCUT2D eigenvalue weighted by Crippen LogP contribution is -2.26. The third-order valence-electron chi connectivity index (χ3n) is 5.45. The molecule has 0 atom stereocenters. The molecule has 0 fully saturated rings. The Morgan fingerprint density at radius 2 is 1.50 bits per heavy atom. The molecule has 1 N–H and O–H groups in total. The van der Waals surface area contributed by atoms with Gasteiger partial charge in [0.15, 0.2) is 0 Å². The van der Waals surface area contributed by atoms with Gasteiger partial charge in [0, 0.05) is 11.0 Å². The van der Waals surface area contributed by atoms with Crippen LogP contribution in [0.15, 0.2) is 71.2 Å². The number of carbonyl (C=O) groups is 2. The largest absolute Gasteiger partial charge is 0.493 e. The first-order chi connectivity index (χ1) is 18.2. The summed E-state index contributed by atoms with van der Waals surface area (Å²) in [6, 6.07) is 21.1. The maximum absolute atomic E-state index is 12.8. The number of nitrogens with one attached hydrogen (secondary N) is 1. The van der Waals surface area contributed by atoms with Crippen molar-refractivity contribution in [1.29, 1.82) is 0 Å². The van der Waals surface area contributed by atoms with Gasteiger partial charge in [-0.2, -0.15) is 0 Å². The molecule has 0 bridgehead atoms. The van der Waals surface area contributed by atoms with E-state index in [-0.39, 0.29) is 11.9 Å². The lowest BCUT2D eigenvalue weighted by atomic mass is 10.0. The van der Waals surface area contributed by atoms with Gasteiger partial charge in [-0.3, -0.25) is 4.79 Å². The highest BCUT2D eigenvalue weighted by Crippen LogP contribution is 2.24. The van der Waals surface area contributed by atoms with Crippen molar-refractivity contribution in [2.24, 2.45) is 0 Å². The fraction of sp³-hybridized carbons (Fsp3) is 0.375. The van der Waals surface area contributed by atoms with Gasteiger partial charge in [0.05, 0.1) is 17.7 Å². The van der Waals surface area contributed by atoms with Crippen molar-refractivity contribution >= 4 is 27.8 Å². The first-order valence-corrected chi connectivity index (χ1v) is 14.1. The SMILES string of the molecule is CC.CCCCOc1ccc(Br)cc1C(=O)NCCc1ccc(-c2ccc(C(=O)OC(C)(C)C)cc2)cc1. The van der Waals surface area contributed by atoms with Crippen molar-refractivity contribution in [2.45, 2.75) is 66.4 Å². The van der Waals surface area contributed by atoms with Crippen LogP contribution in [-0.2, 0) is 11.2 Å². The van der Waals surface area contributed by atoms with Crippen LogP contribution in [0.2, 0.25) is 0 Å². The van der Waals surface area contributed by atoms with E-state index in [1.807, 2.05) is 71.0 Å². The van der Waals surface area contributed by atoms with Crippen LogP contribution in [0.25, 0.3) is 11.1 Å². The van der Waals surface area contributed by atoms with Gasteiger partial charge in [-0.25, -0.2) is 4.79 Å². The van der Waals surface area contributed by atoms with Gasteiger partial charge in [-0.15, -0.1) is 0 Å².